The fourth-order valence-electron chi connectivity index (χ4n) is 2.79. The SMILES string of the molecule is CCC(C)NC(=O)C(C)N(CCc1ccccc1)C(=O)COc1ccc(Cl)cc1. The summed E-state index contributed by atoms with van der Waals surface area (Å²) < 4.78 is 5.61. The van der Waals surface area contributed by atoms with Gasteiger partial charge in [0.05, 0.1) is 0 Å². The van der Waals surface area contributed by atoms with Crippen LogP contribution in [0.15, 0.2) is 54.6 Å². The van der Waals surface area contributed by atoms with E-state index in [1.54, 1.807) is 36.1 Å². The van der Waals surface area contributed by atoms with Gasteiger partial charge in [0.15, 0.2) is 6.61 Å². The smallest absolute Gasteiger partial charge is 0.261 e. The molecule has 0 spiro atoms. The van der Waals surface area contributed by atoms with E-state index in [2.05, 4.69) is 5.32 Å². The fourth-order valence-corrected chi connectivity index (χ4v) is 2.92. The van der Waals surface area contributed by atoms with Gasteiger partial charge >= 0.3 is 0 Å². The second-order valence-electron chi connectivity index (χ2n) is 7.06. The number of amides is 2. The van der Waals surface area contributed by atoms with Gasteiger partial charge in [-0.2, -0.15) is 0 Å². The Bertz CT molecular complexity index is 780. The Kier molecular flexibility index (Phi) is 9.00. The number of hydrogen-bond acceptors (Lipinski definition) is 3. The predicted molar refractivity (Wildman–Crippen MR) is 116 cm³/mol. The largest absolute Gasteiger partial charge is 0.484 e. The number of halogens is 1. The number of ether oxygens (including phenoxy) is 1. The first-order valence-electron chi connectivity index (χ1n) is 9.92. The summed E-state index contributed by atoms with van der Waals surface area (Å²) in [5, 5.41) is 3.56. The molecule has 0 radical (unpaired) electrons. The van der Waals surface area contributed by atoms with Crippen LogP contribution in [0.1, 0.15) is 32.8 Å². The summed E-state index contributed by atoms with van der Waals surface area (Å²) in [6, 6.07) is 16.2. The lowest BCUT2D eigenvalue weighted by molar-refractivity contribution is -0.141. The van der Waals surface area contributed by atoms with Crippen molar-refractivity contribution < 1.29 is 14.3 Å². The zero-order valence-corrected chi connectivity index (χ0v) is 18.0. The molecule has 0 saturated heterocycles. The predicted octanol–water partition coefficient (Wildman–Crippen LogP) is 4.09. The van der Waals surface area contributed by atoms with Gasteiger partial charge in [0.2, 0.25) is 5.91 Å². The minimum absolute atomic E-state index is 0.0568. The van der Waals surface area contributed by atoms with Crippen LogP contribution >= 0.6 is 11.6 Å². The molecule has 6 heteroatoms. The van der Waals surface area contributed by atoms with Crippen LogP contribution in [-0.4, -0.2) is 41.9 Å². The first kappa shape index (κ1) is 22.8. The summed E-state index contributed by atoms with van der Waals surface area (Å²) in [5.74, 6) is 0.164. The molecule has 0 aromatic heterocycles. The minimum atomic E-state index is -0.589. The van der Waals surface area contributed by atoms with Gasteiger partial charge in [-0.25, -0.2) is 0 Å². The Balaban J connectivity index is 2.05. The van der Waals surface area contributed by atoms with Crippen molar-refractivity contribution in [2.45, 2.75) is 45.7 Å². The summed E-state index contributed by atoms with van der Waals surface area (Å²) >= 11 is 5.88. The third kappa shape index (κ3) is 7.42. The molecule has 0 aliphatic rings. The third-order valence-electron chi connectivity index (χ3n) is 4.83. The Morgan fingerprint density at radius 2 is 1.72 bits per heavy atom. The molecule has 2 aromatic carbocycles. The van der Waals surface area contributed by atoms with E-state index in [1.165, 1.54) is 0 Å². The molecule has 5 nitrogen and oxygen atoms in total. The molecule has 2 aromatic rings. The summed E-state index contributed by atoms with van der Waals surface area (Å²) in [7, 11) is 0. The average Bonchev–Trinajstić information content (AvgIpc) is 2.73. The van der Waals surface area contributed by atoms with Gasteiger partial charge in [-0.3, -0.25) is 9.59 Å². The summed E-state index contributed by atoms with van der Waals surface area (Å²) in [5.41, 5.74) is 1.11. The molecule has 0 saturated carbocycles. The van der Waals surface area contributed by atoms with E-state index in [9.17, 15) is 9.59 Å². The van der Waals surface area contributed by atoms with Crippen LogP contribution < -0.4 is 10.1 Å². The molecule has 29 heavy (non-hydrogen) atoms. The normalized spacial score (nSPS) is 12.7. The van der Waals surface area contributed by atoms with Gasteiger partial charge in [-0.1, -0.05) is 48.9 Å². The molecule has 0 fully saturated rings. The van der Waals surface area contributed by atoms with Crippen LogP contribution in [0.5, 0.6) is 5.75 Å². The number of nitrogens with one attached hydrogen (secondary N) is 1. The number of nitrogens with zero attached hydrogens (tertiary/aromatic N) is 1. The van der Waals surface area contributed by atoms with Crippen molar-refractivity contribution in [2.75, 3.05) is 13.2 Å². The topological polar surface area (TPSA) is 58.6 Å². The van der Waals surface area contributed by atoms with Crippen LogP contribution in [0.3, 0.4) is 0 Å². The van der Waals surface area contributed by atoms with Crippen LogP contribution in [0.25, 0.3) is 0 Å². The molecule has 0 bridgehead atoms. The Morgan fingerprint density at radius 1 is 1.07 bits per heavy atom. The number of hydrogen-bond donors (Lipinski definition) is 1. The van der Waals surface area contributed by atoms with E-state index in [0.29, 0.717) is 23.7 Å². The Hall–Kier alpha value is -2.53. The number of carbonyl (C=O) groups excluding carboxylic acids is 2. The van der Waals surface area contributed by atoms with E-state index < -0.39 is 6.04 Å². The van der Waals surface area contributed by atoms with E-state index in [4.69, 9.17) is 16.3 Å². The summed E-state index contributed by atoms with van der Waals surface area (Å²) in [6.07, 6.45) is 1.49. The molecule has 0 aliphatic carbocycles. The minimum Gasteiger partial charge on any atom is -0.484 e. The van der Waals surface area contributed by atoms with Gasteiger partial charge in [-0.15, -0.1) is 0 Å². The second-order valence-corrected chi connectivity index (χ2v) is 7.50. The maximum Gasteiger partial charge on any atom is 0.261 e. The summed E-state index contributed by atoms with van der Waals surface area (Å²) in [6.45, 7) is 6.00. The molecular weight excluding hydrogens is 388 g/mol. The molecule has 1 N–H and O–H groups in total. The van der Waals surface area contributed by atoms with Crippen LogP contribution in [0.2, 0.25) is 5.02 Å². The van der Waals surface area contributed by atoms with Crippen molar-refractivity contribution in [3.63, 3.8) is 0 Å². The maximum atomic E-state index is 12.9. The van der Waals surface area contributed by atoms with Crippen molar-refractivity contribution in [1.82, 2.24) is 10.2 Å². The Morgan fingerprint density at radius 3 is 2.34 bits per heavy atom. The van der Waals surface area contributed by atoms with Gasteiger partial charge in [0.25, 0.3) is 5.91 Å². The first-order chi connectivity index (χ1) is 13.9. The van der Waals surface area contributed by atoms with E-state index >= 15 is 0 Å². The van der Waals surface area contributed by atoms with Crippen molar-refractivity contribution in [1.29, 1.82) is 0 Å². The van der Waals surface area contributed by atoms with Gasteiger partial charge in [-0.05, 0) is 56.5 Å². The molecule has 0 aliphatic heterocycles. The fraction of sp³-hybridized carbons (Fsp3) is 0.391. The molecule has 2 amide bonds. The summed E-state index contributed by atoms with van der Waals surface area (Å²) in [4.78, 5) is 27.1. The lowest BCUT2D eigenvalue weighted by Crippen LogP contribution is -2.51. The van der Waals surface area contributed by atoms with Crippen molar-refractivity contribution in [3.05, 3.63) is 65.2 Å². The van der Waals surface area contributed by atoms with Gasteiger partial charge < -0.3 is 15.0 Å². The average molecular weight is 417 g/mol. The van der Waals surface area contributed by atoms with Crippen LogP contribution in [0, 0.1) is 0 Å². The molecule has 2 atom stereocenters. The molecular formula is C23H29ClN2O3. The third-order valence-corrected chi connectivity index (χ3v) is 5.08. The van der Waals surface area contributed by atoms with Crippen LogP contribution in [0.4, 0.5) is 0 Å². The number of rotatable bonds is 10. The van der Waals surface area contributed by atoms with E-state index in [1.807, 2.05) is 44.2 Å². The zero-order valence-electron chi connectivity index (χ0n) is 17.2. The number of carbonyl (C=O) groups is 2. The monoisotopic (exact) mass is 416 g/mol. The van der Waals surface area contributed by atoms with Crippen molar-refractivity contribution in [3.8, 4) is 5.75 Å². The second kappa shape index (κ2) is 11.5. The van der Waals surface area contributed by atoms with Crippen LogP contribution in [-0.2, 0) is 16.0 Å². The highest BCUT2D eigenvalue weighted by Gasteiger charge is 2.26. The van der Waals surface area contributed by atoms with Crippen molar-refractivity contribution >= 4 is 23.4 Å². The van der Waals surface area contributed by atoms with Crippen molar-refractivity contribution in [2.24, 2.45) is 0 Å². The highest BCUT2D eigenvalue weighted by Crippen LogP contribution is 2.16. The lowest BCUT2D eigenvalue weighted by atomic mass is 10.1. The molecule has 156 valence electrons. The van der Waals surface area contributed by atoms with E-state index in [0.717, 1.165) is 12.0 Å². The molecule has 2 unspecified atom stereocenters. The molecule has 0 heterocycles. The molecule has 2 rings (SSSR count). The van der Waals surface area contributed by atoms with E-state index in [-0.39, 0.29) is 24.5 Å². The van der Waals surface area contributed by atoms with Gasteiger partial charge in [0, 0.05) is 17.6 Å². The highest BCUT2D eigenvalue weighted by molar-refractivity contribution is 6.30. The number of benzene rings is 2. The quantitative estimate of drug-likeness (QED) is 0.634. The maximum absolute atomic E-state index is 12.9. The Labute approximate surface area is 178 Å². The van der Waals surface area contributed by atoms with Gasteiger partial charge in [0.1, 0.15) is 11.8 Å². The first-order valence-corrected chi connectivity index (χ1v) is 10.3. The standard InChI is InChI=1S/C23H29ClN2O3/c1-4-17(2)25-23(28)18(3)26(15-14-19-8-6-5-7-9-19)22(27)16-29-21-12-10-20(24)11-13-21/h5-13,17-18H,4,14-16H2,1-3H3,(H,25,28). The lowest BCUT2D eigenvalue weighted by Gasteiger charge is -2.29. The highest BCUT2D eigenvalue weighted by atomic mass is 35.5. The zero-order chi connectivity index (χ0) is 21.2.